The summed E-state index contributed by atoms with van der Waals surface area (Å²) in [5.74, 6) is -2.26. The molecule has 3 fully saturated rings. The lowest BCUT2D eigenvalue weighted by Crippen LogP contribution is -2.57. The molecule has 0 saturated carbocycles. The quantitative estimate of drug-likeness (QED) is 0.426. The summed E-state index contributed by atoms with van der Waals surface area (Å²) in [5.41, 5.74) is -1.27. The molecule has 4 rings (SSSR count). The van der Waals surface area contributed by atoms with E-state index in [1.54, 1.807) is 29.0 Å². The molecule has 3 aliphatic heterocycles. The summed E-state index contributed by atoms with van der Waals surface area (Å²) in [7, 11) is 1.70. The number of aliphatic hydroxyl groups is 1. The highest BCUT2D eigenvalue weighted by atomic mass is 16.5. The predicted octanol–water partition coefficient (Wildman–Crippen LogP) is 2.94. The van der Waals surface area contributed by atoms with Crippen LogP contribution in [0.25, 0.3) is 0 Å². The zero-order valence-electron chi connectivity index (χ0n) is 22.8. The van der Waals surface area contributed by atoms with Crippen molar-refractivity contribution in [3.05, 3.63) is 61.2 Å². The first-order chi connectivity index (χ1) is 18.2. The van der Waals surface area contributed by atoms with Gasteiger partial charge in [-0.25, -0.2) is 0 Å². The van der Waals surface area contributed by atoms with Gasteiger partial charge in [-0.2, -0.15) is 0 Å². The Balaban J connectivity index is 1.85. The SMILES string of the molecule is C=CCN(C)C(=O)[C@H]1[C@H]2C(=O)N([C@H](CO)c3ccccc3)C(C(=O)N(CC=C)CCCC)C23CC[C@]1(C)O3. The zero-order valence-corrected chi connectivity index (χ0v) is 22.8. The molecule has 0 radical (unpaired) electrons. The number of aliphatic hydroxyl groups excluding tert-OH is 1. The largest absolute Gasteiger partial charge is 0.394 e. The molecule has 3 aliphatic rings. The first kappa shape index (κ1) is 28.0. The molecule has 2 unspecified atom stereocenters. The highest BCUT2D eigenvalue weighted by molar-refractivity contribution is 5.99. The minimum Gasteiger partial charge on any atom is -0.394 e. The van der Waals surface area contributed by atoms with Gasteiger partial charge in [0.2, 0.25) is 17.7 Å². The molecular formula is C30H41N3O5. The standard InChI is InChI=1S/C30H41N3O5/c1-6-9-19-32(18-8-3)28(37)25-30-16-15-29(4,38-30)23(26(35)31(5)17-7-2)24(30)27(36)33(25)22(20-34)21-13-11-10-12-14-21/h7-8,10-14,22-25,34H,2-3,6,9,15-20H2,1,4-5H3/t22-,23-,24+,25?,29+,30?/m1/s1. The maximum Gasteiger partial charge on any atom is 0.248 e. The number of carbonyl (C=O) groups excluding carboxylic acids is 3. The number of benzene rings is 1. The van der Waals surface area contributed by atoms with Crippen molar-refractivity contribution in [2.24, 2.45) is 11.8 Å². The summed E-state index contributed by atoms with van der Waals surface area (Å²) < 4.78 is 6.74. The van der Waals surface area contributed by atoms with Crippen LogP contribution >= 0.6 is 0 Å². The molecule has 2 bridgehead atoms. The fourth-order valence-corrected chi connectivity index (χ4v) is 6.87. The van der Waals surface area contributed by atoms with Crippen molar-refractivity contribution in [2.45, 2.75) is 62.8 Å². The third-order valence-corrected chi connectivity index (χ3v) is 8.63. The monoisotopic (exact) mass is 523 g/mol. The molecule has 38 heavy (non-hydrogen) atoms. The van der Waals surface area contributed by atoms with Crippen molar-refractivity contribution < 1.29 is 24.2 Å². The van der Waals surface area contributed by atoms with E-state index in [0.717, 1.165) is 18.4 Å². The Morgan fingerprint density at radius 3 is 2.47 bits per heavy atom. The van der Waals surface area contributed by atoms with Gasteiger partial charge in [-0.15, -0.1) is 13.2 Å². The first-order valence-corrected chi connectivity index (χ1v) is 13.6. The number of nitrogens with zero attached hydrogens (tertiary/aromatic N) is 3. The third-order valence-electron chi connectivity index (χ3n) is 8.63. The van der Waals surface area contributed by atoms with Crippen LogP contribution in [0.1, 0.15) is 51.1 Å². The Morgan fingerprint density at radius 1 is 1.18 bits per heavy atom. The molecular weight excluding hydrogens is 482 g/mol. The summed E-state index contributed by atoms with van der Waals surface area (Å²) >= 11 is 0. The minimum absolute atomic E-state index is 0.186. The molecule has 0 aromatic heterocycles. The van der Waals surface area contributed by atoms with Crippen LogP contribution in [0.3, 0.4) is 0 Å². The number of unbranched alkanes of at least 4 members (excludes halogenated alkanes) is 1. The number of likely N-dealkylation sites (N-methyl/N-ethyl adjacent to an activating group) is 1. The Kier molecular flexibility index (Phi) is 8.14. The Bertz CT molecular complexity index is 1080. The van der Waals surface area contributed by atoms with Crippen molar-refractivity contribution in [3.63, 3.8) is 0 Å². The minimum atomic E-state index is -1.15. The molecule has 206 valence electrons. The zero-order chi connectivity index (χ0) is 27.7. The van der Waals surface area contributed by atoms with Gasteiger partial charge in [0.1, 0.15) is 11.6 Å². The number of hydrogen-bond acceptors (Lipinski definition) is 5. The third kappa shape index (κ3) is 4.37. The highest BCUT2D eigenvalue weighted by Gasteiger charge is 2.78. The summed E-state index contributed by atoms with van der Waals surface area (Å²) in [6, 6.07) is 7.55. The molecule has 1 N–H and O–H groups in total. The maximum atomic E-state index is 14.4. The number of fused-ring (bicyclic) bond motifs is 1. The smallest absolute Gasteiger partial charge is 0.248 e. The van der Waals surface area contributed by atoms with Crippen LogP contribution in [0.15, 0.2) is 55.6 Å². The van der Waals surface area contributed by atoms with Crippen LogP contribution in [0.4, 0.5) is 0 Å². The Labute approximate surface area is 225 Å². The predicted molar refractivity (Wildman–Crippen MR) is 145 cm³/mol. The van der Waals surface area contributed by atoms with Gasteiger partial charge in [0.15, 0.2) is 0 Å². The molecule has 3 saturated heterocycles. The van der Waals surface area contributed by atoms with E-state index in [0.29, 0.717) is 32.5 Å². The van der Waals surface area contributed by atoms with Gasteiger partial charge in [-0.3, -0.25) is 14.4 Å². The number of amides is 3. The van der Waals surface area contributed by atoms with Crippen LogP contribution in [0.2, 0.25) is 0 Å². The molecule has 1 spiro atoms. The summed E-state index contributed by atoms with van der Waals surface area (Å²) in [6.45, 7) is 12.4. The van der Waals surface area contributed by atoms with E-state index >= 15 is 0 Å². The second-order valence-electron chi connectivity index (χ2n) is 11.0. The van der Waals surface area contributed by atoms with Crippen LogP contribution in [-0.4, -0.2) is 88.1 Å². The normalized spacial score (nSPS) is 30.2. The van der Waals surface area contributed by atoms with Crippen LogP contribution in [0.5, 0.6) is 0 Å². The number of likely N-dealkylation sites (tertiary alicyclic amines) is 1. The molecule has 0 aliphatic carbocycles. The number of carbonyl (C=O) groups is 3. The van der Waals surface area contributed by atoms with Crippen molar-refractivity contribution in [1.29, 1.82) is 0 Å². The van der Waals surface area contributed by atoms with E-state index in [2.05, 4.69) is 20.1 Å². The number of ether oxygens (including phenoxy) is 1. The van der Waals surface area contributed by atoms with E-state index in [1.807, 2.05) is 37.3 Å². The molecule has 1 aromatic rings. The average molecular weight is 524 g/mol. The first-order valence-electron chi connectivity index (χ1n) is 13.6. The van der Waals surface area contributed by atoms with Gasteiger partial charge in [0, 0.05) is 26.7 Å². The molecule has 8 heteroatoms. The second-order valence-corrected chi connectivity index (χ2v) is 11.0. The van der Waals surface area contributed by atoms with Crippen LogP contribution in [-0.2, 0) is 19.1 Å². The van der Waals surface area contributed by atoms with Crippen molar-refractivity contribution in [1.82, 2.24) is 14.7 Å². The lowest BCUT2D eigenvalue weighted by atomic mass is 9.66. The van der Waals surface area contributed by atoms with Gasteiger partial charge in [-0.05, 0) is 31.7 Å². The fourth-order valence-electron chi connectivity index (χ4n) is 6.87. The molecule has 3 heterocycles. The maximum absolute atomic E-state index is 14.4. The van der Waals surface area contributed by atoms with Crippen molar-refractivity contribution in [2.75, 3.05) is 33.3 Å². The van der Waals surface area contributed by atoms with Gasteiger partial charge in [0.25, 0.3) is 0 Å². The van der Waals surface area contributed by atoms with Crippen LogP contribution in [0, 0.1) is 11.8 Å². The topological polar surface area (TPSA) is 90.4 Å². The van der Waals surface area contributed by atoms with E-state index in [-0.39, 0.29) is 24.3 Å². The number of rotatable bonds is 12. The van der Waals surface area contributed by atoms with Gasteiger partial charge in [0.05, 0.1) is 30.1 Å². The van der Waals surface area contributed by atoms with E-state index in [1.165, 1.54) is 4.90 Å². The number of hydrogen-bond donors (Lipinski definition) is 1. The summed E-state index contributed by atoms with van der Waals surface area (Å²) in [6.07, 6.45) is 6.12. The van der Waals surface area contributed by atoms with Gasteiger partial charge in [-0.1, -0.05) is 55.8 Å². The van der Waals surface area contributed by atoms with Gasteiger partial charge < -0.3 is 24.5 Å². The van der Waals surface area contributed by atoms with E-state index in [4.69, 9.17) is 4.74 Å². The van der Waals surface area contributed by atoms with E-state index < -0.39 is 35.1 Å². The summed E-state index contributed by atoms with van der Waals surface area (Å²) in [5, 5.41) is 10.6. The van der Waals surface area contributed by atoms with Crippen molar-refractivity contribution in [3.8, 4) is 0 Å². The average Bonchev–Trinajstić information content (AvgIpc) is 3.48. The fraction of sp³-hybridized carbons (Fsp3) is 0.567. The van der Waals surface area contributed by atoms with E-state index in [9.17, 15) is 19.5 Å². The molecule has 6 atom stereocenters. The molecule has 3 amide bonds. The Hall–Kier alpha value is -2.97. The highest BCUT2D eigenvalue weighted by Crippen LogP contribution is 2.64. The lowest BCUT2D eigenvalue weighted by molar-refractivity contribution is -0.156. The second kappa shape index (κ2) is 11.0. The molecule has 8 nitrogen and oxygen atoms in total. The Morgan fingerprint density at radius 2 is 1.87 bits per heavy atom. The molecule has 1 aromatic carbocycles. The van der Waals surface area contributed by atoms with Crippen LogP contribution < -0.4 is 0 Å². The summed E-state index contributed by atoms with van der Waals surface area (Å²) in [4.78, 5) is 47.4. The lowest BCUT2D eigenvalue weighted by Gasteiger charge is -2.39. The van der Waals surface area contributed by atoms with Gasteiger partial charge >= 0.3 is 0 Å². The van der Waals surface area contributed by atoms with Crippen molar-refractivity contribution >= 4 is 17.7 Å².